The van der Waals surface area contributed by atoms with E-state index in [1.54, 1.807) is 6.21 Å². The third-order valence-electron chi connectivity index (χ3n) is 3.76. The Balaban J connectivity index is 1.75. The Morgan fingerprint density at radius 3 is 2.56 bits per heavy atom. The highest BCUT2D eigenvalue weighted by atomic mass is 79.9. The predicted octanol–water partition coefficient (Wildman–Crippen LogP) is 6.83. The van der Waals surface area contributed by atoms with E-state index < -0.39 is 0 Å². The predicted molar refractivity (Wildman–Crippen MR) is 115 cm³/mol. The van der Waals surface area contributed by atoms with Crippen LogP contribution in [0.25, 0.3) is 0 Å². The zero-order valence-electron chi connectivity index (χ0n) is 14.9. The number of halogens is 2. The van der Waals surface area contributed by atoms with E-state index in [0.717, 1.165) is 32.8 Å². The Morgan fingerprint density at radius 2 is 1.81 bits per heavy atom. The van der Waals surface area contributed by atoms with Crippen LogP contribution in [0.15, 0.2) is 76.2 Å². The molecule has 0 heterocycles. The zero-order valence-corrected chi connectivity index (χ0v) is 17.2. The van der Waals surface area contributed by atoms with Gasteiger partial charge in [0.1, 0.15) is 18.1 Å². The molecule has 0 aliphatic carbocycles. The van der Waals surface area contributed by atoms with Gasteiger partial charge < -0.3 is 9.47 Å². The molecule has 0 unspecified atom stereocenters. The van der Waals surface area contributed by atoms with Crippen molar-refractivity contribution < 1.29 is 9.47 Å². The van der Waals surface area contributed by atoms with Gasteiger partial charge in [0.2, 0.25) is 0 Å². The third kappa shape index (κ3) is 5.84. The third-order valence-corrected chi connectivity index (χ3v) is 4.48. The molecule has 3 rings (SSSR count). The number of hydrogen-bond donors (Lipinski definition) is 0. The Bertz CT molecular complexity index is 926. The summed E-state index contributed by atoms with van der Waals surface area (Å²) in [7, 11) is 0. The van der Waals surface area contributed by atoms with Gasteiger partial charge in [-0.25, -0.2) is 0 Å². The van der Waals surface area contributed by atoms with Gasteiger partial charge in [0.15, 0.2) is 0 Å². The monoisotopic (exact) mass is 443 g/mol. The SMILES string of the molecule is CCOc1ccc(N=Cc2cc(Br)ccc2OCc2cccc(Cl)c2)cc1. The van der Waals surface area contributed by atoms with Gasteiger partial charge in [-0.1, -0.05) is 39.7 Å². The zero-order chi connectivity index (χ0) is 19.1. The second-order valence-electron chi connectivity index (χ2n) is 5.79. The fourth-order valence-electron chi connectivity index (χ4n) is 2.48. The smallest absolute Gasteiger partial charge is 0.128 e. The lowest BCUT2D eigenvalue weighted by Crippen LogP contribution is -1.98. The maximum Gasteiger partial charge on any atom is 0.128 e. The summed E-state index contributed by atoms with van der Waals surface area (Å²) in [4.78, 5) is 4.55. The first-order chi connectivity index (χ1) is 13.1. The largest absolute Gasteiger partial charge is 0.494 e. The number of rotatable bonds is 7. The van der Waals surface area contributed by atoms with Gasteiger partial charge in [-0.3, -0.25) is 4.99 Å². The van der Waals surface area contributed by atoms with E-state index in [9.17, 15) is 0 Å². The van der Waals surface area contributed by atoms with Crippen LogP contribution in [0.4, 0.5) is 5.69 Å². The van der Waals surface area contributed by atoms with Gasteiger partial charge in [-0.05, 0) is 67.1 Å². The first-order valence-corrected chi connectivity index (χ1v) is 9.75. The number of aliphatic imine (C=N–C) groups is 1. The minimum Gasteiger partial charge on any atom is -0.494 e. The second-order valence-corrected chi connectivity index (χ2v) is 7.14. The number of nitrogens with zero attached hydrogens (tertiary/aromatic N) is 1. The summed E-state index contributed by atoms with van der Waals surface area (Å²) < 4.78 is 12.4. The van der Waals surface area contributed by atoms with Crippen LogP contribution in [0.3, 0.4) is 0 Å². The summed E-state index contributed by atoms with van der Waals surface area (Å²) in [5.74, 6) is 1.59. The van der Waals surface area contributed by atoms with E-state index in [1.807, 2.05) is 73.7 Å². The van der Waals surface area contributed by atoms with Crippen molar-refractivity contribution in [2.75, 3.05) is 6.61 Å². The Labute approximate surface area is 172 Å². The first-order valence-electron chi connectivity index (χ1n) is 8.58. The normalized spacial score (nSPS) is 10.9. The van der Waals surface area contributed by atoms with Crippen LogP contribution >= 0.6 is 27.5 Å². The molecule has 0 aliphatic heterocycles. The average Bonchev–Trinajstić information content (AvgIpc) is 2.67. The molecule has 0 fully saturated rings. The van der Waals surface area contributed by atoms with E-state index in [-0.39, 0.29) is 0 Å². The van der Waals surface area contributed by atoms with Crippen LogP contribution in [0.5, 0.6) is 11.5 Å². The summed E-state index contributed by atoms with van der Waals surface area (Å²) in [6.45, 7) is 3.05. The molecule has 3 nitrogen and oxygen atoms in total. The Morgan fingerprint density at radius 1 is 1.00 bits per heavy atom. The minimum absolute atomic E-state index is 0.437. The van der Waals surface area contributed by atoms with Gasteiger partial charge in [-0.15, -0.1) is 0 Å². The molecule has 27 heavy (non-hydrogen) atoms. The van der Waals surface area contributed by atoms with Gasteiger partial charge in [-0.2, -0.15) is 0 Å². The highest BCUT2D eigenvalue weighted by molar-refractivity contribution is 9.10. The van der Waals surface area contributed by atoms with Gasteiger partial charge in [0.05, 0.1) is 12.3 Å². The quantitative estimate of drug-likeness (QED) is 0.374. The molecule has 0 amide bonds. The molecule has 3 aromatic carbocycles. The van der Waals surface area contributed by atoms with E-state index in [0.29, 0.717) is 18.2 Å². The van der Waals surface area contributed by atoms with Crippen molar-refractivity contribution in [3.63, 3.8) is 0 Å². The van der Waals surface area contributed by atoms with Crippen molar-refractivity contribution in [1.29, 1.82) is 0 Å². The molecule has 3 aromatic rings. The topological polar surface area (TPSA) is 30.8 Å². The van der Waals surface area contributed by atoms with E-state index in [1.165, 1.54) is 0 Å². The summed E-state index contributed by atoms with van der Waals surface area (Å²) in [6, 6.07) is 21.2. The molecule has 0 radical (unpaired) electrons. The number of benzene rings is 3. The lowest BCUT2D eigenvalue weighted by atomic mass is 10.2. The van der Waals surface area contributed by atoms with Gasteiger partial charge in [0.25, 0.3) is 0 Å². The molecule has 0 bridgehead atoms. The molecule has 0 spiro atoms. The summed E-state index contributed by atoms with van der Waals surface area (Å²) in [5.41, 5.74) is 2.75. The molecular formula is C22H19BrClNO2. The number of ether oxygens (including phenoxy) is 2. The standard InChI is InChI=1S/C22H19BrClNO2/c1-2-26-21-9-7-20(8-10-21)25-14-17-13-18(23)6-11-22(17)27-15-16-4-3-5-19(24)12-16/h3-14H,2,15H2,1H3. The van der Waals surface area contributed by atoms with Crippen LogP contribution < -0.4 is 9.47 Å². The molecule has 0 saturated carbocycles. The molecule has 0 aliphatic rings. The molecule has 0 N–H and O–H groups in total. The second kappa shape index (κ2) is 9.58. The highest BCUT2D eigenvalue weighted by Gasteiger charge is 2.04. The fraction of sp³-hybridized carbons (Fsp3) is 0.136. The van der Waals surface area contributed by atoms with Crippen LogP contribution in [0, 0.1) is 0 Å². The van der Waals surface area contributed by atoms with E-state index in [4.69, 9.17) is 21.1 Å². The van der Waals surface area contributed by atoms with Crippen molar-refractivity contribution in [3.8, 4) is 11.5 Å². The summed E-state index contributed by atoms with van der Waals surface area (Å²) in [5, 5.41) is 0.698. The summed E-state index contributed by atoms with van der Waals surface area (Å²) >= 11 is 9.54. The Hall–Kier alpha value is -2.30. The van der Waals surface area contributed by atoms with Crippen molar-refractivity contribution in [1.82, 2.24) is 0 Å². The van der Waals surface area contributed by atoms with Crippen molar-refractivity contribution in [2.24, 2.45) is 4.99 Å². The lowest BCUT2D eigenvalue weighted by Gasteiger charge is -2.10. The van der Waals surface area contributed by atoms with E-state index >= 15 is 0 Å². The highest BCUT2D eigenvalue weighted by Crippen LogP contribution is 2.25. The lowest BCUT2D eigenvalue weighted by molar-refractivity contribution is 0.306. The van der Waals surface area contributed by atoms with Gasteiger partial charge in [0, 0.05) is 21.3 Å². The molecule has 0 atom stereocenters. The van der Waals surface area contributed by atoms with Crippen LogP contribution in [0.1, 0.15) is 18.1 Å². The maximum atomic E-state index is 6.04. The number of hydrogen-bond acceptors (Lipinski definition) is 3. The average molecular weight is 445 g/mol. The minimum atomic E-state index is 0.437. The van der Waals surface area contributed by atoms with Crippen LogP contribution in [0.2, 0.25) is 5.02 Å². The van der Waals surface area contributed by atoms with Crippen molar-refractivity contribution in [2.45, 2.75) is 13.5 Å². The maximum absolute atomic E-state index is 6.04. The molecule has 138 valence electrons. The first kappa shape index (κ1) is 19.5. The van der Waals surface area contributed by atoms with Crippen molar-refractivity contribution >= 4 is 39.4 Å². The molecule has 5 heteroatoms. The van der Waals surface area contributed by atoms with Crippen LogP contribution in [-0.4, -0.2) is 12.8 Å². The molecule has 0 saturated heterocycles. The van der Waals surface area contributed by atoms with Crippen LogP contribution in [-0.2, 0) is 6.61 Å². The van der Waals surface area contributed by atoms with E-state index in [2.05, 4.69) is 20.9 Å². The molecule has 0 aromatic heterocycles. The van der Waals surface area contributed by atoms with Gasteiger partial charge >= 0.3 is 0 Å². The molecular weight excluding hydrogens is 426 g/mol. The Kier molecular flexibility index (Phi) is 6.91. The van der Waals surface area contributed by atoms with Crippen molar-refractivity contribution in [3.05, 3.63) is 87.4 Å². The fourth-order valence-corrected chi connectivity index (χ4v) is 3.07. The summed E-state index contributed by atoms with van der Waals surface area (Å²) in [6.07, 6.45) is 1.80.